The van der Waals surface area contributed by atoms with E-state index < -0.39 is 0 Å². The van der Waals surface area contributed by atoms with E-state index in [0.29, 0.717) is 12.1 Å². The molecule has 1 aromatic heterocycles. The van der Waals surface area contributed by atoms with Gasteiger partial charge in [-0.15, -0.1) is 0 Å². The average molecular weight is 291 g/mol. The summed E-state index contributed by atoms with van der Waals surface area (Å²) in [5, 5.41) is 2.89. The summed E-state index contributed by atoms with van der Waals surface area (Å²) in [6, 6.07) is 10.9. The zero-order valence-electron chi connectivity index (χ0n) is 11.3. The third-order valence-corrected chi connectivity index (χ3v) is 3.69. The van der Waals surface area contributed by atoms with Crippen molar-refractivity contribution in [1.29, 1.82) is 0 Å². The summed E-state index contributed by atoms with van der Waals surface area (Å²) in [5.41, 5.74) is 0.641. The van der Waals surface area contributed by atoms with Gasteiger partial charge in [-0.3, -0.25) is 4.79 Å². The van der Waals surface area contributed by atoms with Crippen LogP contribution in [0, 0.1) is 0 Å². The van der Waals surface area contributed by atoms with Crippen LogP contribution in [0.1, 0.15) is 16.1 Å². The molecule has 1 N–H and O–H groups in total. The molecule has 0 unspecified atom stereocenters. The Bertz CT molecular complexity index is 523. The van der Waals surface area contributed by atoms with Crippen molar-refractivity contribution in [3.8, 4) is 5.75 Å². The molecule has 1 heterocycles. The lowest BCUT2D eigenvalue weighted by atomic mass is 10.2. The summed E-state index contributed by atoms with van der Waals surface area (Å²) in [7, 11) is 1.60. The number of carbonyl (C=O) groups is 1. The van der Waals surface area contributed by atoms with Crippen molar-refractivity contribution in [2.24, 2.45) is 0 Å². The molecule has 2 aromatic rings. The van der Waals surface area contributed by atoms with Crippen LogP contribution in [-0.2, 0) is 5.75 Å². The minimum atomic E-state index is -0.0637. The molecule has 0 saturated heterocycles. The number of benzene rings is 1. The number of furan rings is 1. The molecule has 20 heavy (non-hydrogen) atoms. The van der Waals surface area contributed by atoms with Crippen LogP contribution in [0.3, 0.4) is 0 Å². The number of ether oxygens (including phenoxy) is 1. The highest BCUT2D eigenvalue weighted by Crippen LogP contribution is 2.12. The zero-order chi connectivity index (χ0) is 14.2. The van der Waals surface area contributed by atoms with E-state index in [1.807, 2.05) is 12.1 Å². The quantitative estimate of drug-likeness (QED) is 0.797. The first-order chi connectivity index (χ1) is 9.79. The van der Waals surface area contributed by atoms with Crippen molar-refractivity contribution in [3.63, 3.8) is 0 Å². The van der Waals surface area contributed by atoms with E-state index in [1.165, 1.54) is 0 Å². The maximum absolute atomic E-state index is 11.9. The summed E-state index contributed by atoms with van der Waals surface area (Å²) >= 11 is 1.73. The van der Waals surface area contributed by atoms with Crippen molar-refractivity contribution in [1.82, 2.24) is 5.32 Å². The first-order valence-corrected chi connectivity index (χ1v) is 7.47. The lowest BCUT2D eigenvalue weighted by Crippen LogP contribution is -2.25. The number of hydrogen-bond acceptors (Lipinski definition) is 4. The standard InChI is InChI=1S/C15H17NO3S/c1-18-13-6-4-12(5-7-13)15(17)16-8-10-20-11-14-3-2-9-19-14/h2-7,9H,8,10-11H2,1H3,(H,16,17). The Kier molecular flexibility index (Phi) is 5.55. The first-order valence-electron chi connectivity index (χ1n) is 6.32. The molecule has 1 aromatic carbocycles. The van der Waals surface area contributed by atoms with E-state index in [-0.39, 0.29) is 5.91 Å². The minimum absolute atomic E-state index is 0.0637. The SMILES string of the molecule is COc1ccc(C(=O)NCCSCc2ccco2)cc1. The predicted octanol–water partition coefficient (Wildman–Crippen LogP) is 2.95. The number of hydrogen-bond donors (Lipinski definition) is 1. The van der Waals surface area contributed by atoms with E-state index in [2.05, 4.69) is 5.32 Å². The molecule has 0 aliphatic carbocycles. The van der Waals surface area contributed by atoms with Crippen LogP contribution in [0.4, 0.5) is 0 Å². The lowest BCUT2D eigenvalue weighted by Gasteiger charge is -2.05. The Hall–Kier alpha value is -1.88. The number of thioether (sulfide) groups is 1. The second-order valence-corrected chi connectivity index (χ2v) is 5.22. The van der Waals surface area contributed by atoms with Gasteiger partial charge in [0.05, 0.1) is 19.1 Å². The molecule has 0 aliphatic heterocycles. The molecule has 0 spiro atoms. The fraction of sp³-hybridized carbons (Fsp3) is 0.267. The molecule has 0 aliphatic rings. The van der Waals surface area contributed by atoms with Crippen molar-refractivity contribution in [2.45, 2.75) is 5.75 Å². The van der Waals surface area contributed by atoms with E-state index in [1.54, 1.807) is 49.4 Å². The smallest absolute Gasteiger partial charge is 0.251 e. The van der Waals surface area contributed by atoms with E-state index in [9.17, 15) is 4.79 Å². The normalized spacial score (nSPS) is 10.2. The third-order valence-electron chi connectivity index (χ3n) is 2.71. The number of rotatable bonds is 7. The third kappa shape index (κ3) is 4.35. The van der Waals surface area contributed by atoms with E-state index >= 15 is 0 Å². The van der Waals surface area contributed by atoms with Crippen LogP contribution >= 0.6 is 11.8 Å². The van der Waals surface area contributed by atoms with Gasteiger partial charge in [-0.05, 0) is 36.4 Å². The molecule has 4 nitrogen and oxygen atoms in total. The largest absolute Gasteiger partial charge is 0.497 e. The maximum Gasteiger partial charge on any atom is 0.251 e. The summed E-state index contributed by atoms with van der Waals surface area (Å²) in [6.45, 7) is 0.635. The van der Waals surface area contributed by atoms with Crippen LogP contribution in [0.25, 0.3) is 0 Å². The van der Waals surface area contributed by atoms with Gasteiger partial charge in [0.15, 0.2) is 0 Å². The van der Waals surface area contributed by atoms with Gasteiger partial charge in [0.25, 0.3) is 5.91 Å². The molecule has 5 heteroatoms. The van der Waals surface area contributed by atoms with Gasteiger partial charge in [0, 0.05) is 17.9 Å². The van der Waals surface area contributed by atoms with E-state index in [4.69, 9.17) is 9.15 Å². The number of nitrogens with one attached hydrogen (secondary N) is 1. The number of amides is 1. The molecule has 0 bridgehead atoms. The lowest BCUT2D eigenvalue weighted by molar-refractivity contribution is 0.0956. The van der Waals surface area contributed by atoms with Crippen molar-refractivity contribution in [2.75, 3.05) is 19.4 Å². The summed E-state index contributed by atoms with van der Waals surface area (Å²) in [4.78, 5) is 11.9. The summed E-state index contributed by atoms with van der Waals surface area (Å²) in [6.07, 6.45) is 1.67. The Balaban J connectivity index is 1.66. The molecular formula is C15H17NO3S. The average Bonchev–Trinajstić information content (AvgIpc) is 3.00. The Morgan fingerprint density at radius 2 is 2.10 bits per heavy atom. The van der Waals surface area contributed by atoms with E-state index in [0.717, 1.165) is 23.0 Å². The van der Waals surface area contributed by atoms with Crippen molar-refractivity contribution < 1.29 is 13.9 Å². The number of methoxy groups -OCH3 is 1. The van der Waals surface area contributed by atoms with Crippen LogP contribution in [-0.4, -0.2) is 25.3 Å². The topological polar surface area (TPSA) is 51.5 Å². The van der Waals surface area contributed by atoms with Crippen LogP contribution in [0.15, 0.2) is 47.1 Å². The summed E-state index contributed by atoms with van der Waals surface area (Å²) < 4.78 is 10.3. The van der Waals surface area contributed by atoms with Gasteiger partial charge in [0.2, 0.25) is 0 Å². The molecule has 0 saturated carbocycles. The molecule has 106 valence electrons. The molecule has 1 amide bonds. The molecule has 0 radical (unpaired) electrons. The van der Waals surface area contributed by atoms with Gasteiger partial charge in [-0.25, -0.2) is 0 Å². The second-order valence-electron chi connectivity index (χ2n) is 4.12. The highest BCUT2D eigenvalue weighted by molar-refractivity contribution is 7.98. The predicted molar refractivity (Wildman–Crippen MR) is 80.2 cm³/mol. The van der Waals surface area contributed by atoms with Crippen LogP contribution in [0.2, 0.25) is 0 Å². The highest BCUT2D eigenvalue weighted by Gasteiger charge is 2.04. The molecule has 2 rings (SSSR count). The fourth-order valence-corrected chi connectivity index (χ4v) is 2.40. The monoisotopic (exact) mass is 291 g/mol. The van der Waals surface area contributed by atoms with Gasteiger partial charge < -0.3 is 14.5 Å². The first kappa shape index (κ1) is 14.5. The Labute approximate surface area is 122 Å². The van der Waals surface area contributed by atoms with Crippen LogP contribution in [0.5, 0.6) is 5.75 Å². The maximum atomic E-state index is 11.9. The van der Waals surface area contributed by atoms with Crippen LogP contribution < -0.4 is 10.1 Å². The highest BCUT2D eigenvalue weighted by atomic mass is 32.2. The molecular weight excluding hydrogens is 274 g/mol. The van der Waals surface area contributed by atoms with Crippen molar-refractivity contribution >= 4 is 17.7 Å². The van der Waals surface area contributed by atoms with Gasteiger partial charge in [0.1, 0.15) is 11.5 Å². The van der Waals surface area contributed by atoms with Gasteiger partial charge in [-0.1, -0.05) is 0 Å². The summed E-state index contributed by atoms with van der Waals surface area (Å²) in [5.74, 6) is 3.31. The Morgan fingerprint density at radius 1 is 1.30 bits per heavy atom. The van der Waals surface area contributed by atoms with Gasteiger partial charge in [-0.2, -0.15) is 11.8 Å². The number of carbonyl (C=O) groups excluding carboxylic acids is 1. The Morgan fingerprint density at radius 3 is 2.75 bits per heavy atom. The van der Waals surface area contributed by atoms with Crippen molar-refractivity contribution in [3.05, 3.63) is 54.0 Å². The van der Waals surface area contributed by atoms with Gasteiger partial charge >= 0.3 is 0 Å². The molecule has 0 fully saturated rings. The molecule has 0 atom stereocenters. The second kappa shape index (κ2) is 7.65. The zero-order valence-corrected chi connectivity index (χ0v) is 12.1. The fourth-order valence-electron chi connectivity index (χ4n) is 1.65. The minimum Gasteiger partial charge on any atom is -0.497 e.